The van der Waals surface area contributed by atoms with Crippen LogP contribution in [0.15, 0.2) is 54.7 Å². The highest BCUT2D eigenvalue weighted by atomic mass is 16.1. The molecule has 0 saturated carbocycles. The van der Waals surface area contributed by atoms with Crippen LogP contribution in [0.5, 0.6) is 0 Å². The number of rotatable bonds is 5. The topological polar surface area (TPSA) is 74.0 Å². The Bertz CT molecular complexity index is 834. The average molecular weight is 307 g/mol. The van der Waals surface area contributed by atoms with Crippen molar-refractivity contribution in [2.45, 2.75) is 25.9 Å². The standard InChI is InChI=1S/C19H21N3O/c1-13(20)17-12-22(11-14-5-3-2-4-6-14)18-8-7-15(9-16(17)18)10-19(21)23/h2-9,12-13H,10-11,20H2,1H3,(H2,21,23). The average Bonchev–Trinajstić information content (AvgIpc) is 2.86. The van der Waals surface area contributed by atoms with Crippen molar-refractivity contribution in [3.05, 3.63) is 71.4 Å². The van der Waals surface area contributed by atoms with Crippen LogP contribution in [0.25, 0.3) is 10.9 Å². The Morgan fingerprint density at radius 2 is 1.87 bits per heavy atom. The van der Waals surface area contributed by atoms with E-state index < -0.39 is 0 Å². The zero-order valence-electron chi connectivity index (χ0n) is 13.2. The van der Waals surface area contributed by atoms with E-state index in [1.807, 2.05) is 43.3 Å². The number of benzene rings is 2. The molecule has 118 valence electrons. The number of fused-ring (bicyclic) bond motifs is 1. The highest BCUT2D eigenvalue weighted by Crippen LogP contribution is 2.27. The van der Waals surface area contributed by atoms with Crippen LogP contribution >= 0.6 is 0 Å². The molecule has 0 aliphatic carbocycles. The number of hydrogen-bond donors (Lipinski definition) is 2. The minimum Gasteiger partial charge on any atom is -0.369 e. The SMILES string of the molecule is CC(N)c1cn(Cc2ccccc2)c2ccc(CC(N)=O)cc12. The van der Waals surface area contributed by atoms with Crippen LogP contribution in [0.4, 0.5) is 0 Å². The summed E-state index contributed by atoms with van der Waals surface area (Å²) in [6.45, 7) is 2.77. The lowest BCUT2D eigenvalue weighted by Crippen LogP contribution is -2.13. The van der Waals surface area contributed by atoms with Gasteiger partial charge in [0.2, 0.25) is 5.91 Å². The van der Waals surface area contributed by atoms with Gasteiger partial charge in [0, 0.05) is 29.7 Å². The van der Waals surface area contributed by atoms with Crippen LogP contribution in [-0.2, 0) is 17.8 Å². The molecule has 0 aliphatic heterocycles. The van der Waals surface area contributed by atoms with Gasteiger partial charge in [-0.25, -0.2) is 0 Å². The predicted octanol–water partition coefficient (Wildman–Crippen LogP) is 2.74. The molecule has 0 radical (unpaired) electrons. The zero-order valence-corrected chi connectivity index (χ0v) is 13.2. The second-order valence-electron chi connectivity index (χ2n) is 5.98. The fourth-order valence-electron chi connectivity index (χ4n) is 2.96. The van der Waals surface area contributed by atoms with Gasteiger partial charge < -0.3 is 16.0 Å². The molecule has 3 rings (SSSR count). The molecule has 0 spiro atoms. The van der Waals surface area contributed by atoms with Gasteiger partial charge in [0.1, 0.15) is 0 Å². The van der Waals surface area contributed by atoms with Gasteiger partial charge in [-0.15, -0.1) is 0 Å². The van der Waals surface area contributed by atoms with Crippen molar-refractivity contribution in [2.24, 2.45) is 11.5 Å². The third-order valence-corrected chi connectivity index (χ3v) is 4.04. The quantitative estimate of drug-likeness (QED) is 0.760. The Morgan fingerprint density at radius 3 is 2.52 bits per heavy atom. The fraction of sp³-hybridized carbons (Fsp3) is 0.211. The smallest absolute Gasteiger partial charge is 0.221 e. The molecule has 3 aromatic rings. The van der Waals surface area contributed by atoms with Crippen LogP contribution in [0, 0.1) is 0 Å². The van der Waals surface area contributed by atoms with Gasteiger partial charge in [-0.05, 0) is 35.7 Å². The minimum absolute atomic E-state index is 0.0710. The van der Waals surface area contributed by atoms with Crippen molar-refractivity contribution in [3.63, 3.8) is 0 Å². The minimum atomic E-state index is -0.324. The Morgan fingerprint density at radius 1 is 1.13 bits per heavy atom. The highest BCUT2D eigenvalue weighted by molar-refractivity contribution is 5.87. The van der Waals surface area contributed by atoms with Crippen LogP contribution in [0.3, 0.4) is 0 Å². The molecule has 4 heteroatoms. The number of carbonyl (C=O) groups excluding carboxylic acids is 1. The summed E-state index contributed by atoms with van der Waals surface area (Å²) in [7, 11) is 0. The molecule has 1 amide bonds. The van der Waals surface area contributed by atoms with Crippen LogP contribution < -0.4 is 11.5 Å². The lowest BCUT2D eigenvalue weighted by atomic mass is 10.0. The molecule has 0 fully saturated rings. The van der Waals surface area contributed by atoms with Crippen LogP contribution in [-0.4, -0.2) is 10.5 Å². The van der Waals surface area contributed by atoms with Crippen LogP contribution in [0.2, 0.25) is 0 Å². The summed E-state index contributed by atoms with van der Waals surface area (Å²) in [5, 5.41) is 1.09. The van der Waals surface area contributed by atoms with Gasteiger partial charge in [-0.1, -0.05) is 36.4 Å². The van der Waals surface area contributed by atoms with Crippen molar-refractivity contribution >= 4 is 16.8 Å². The maximum absolute atomic E-state index is 11.2. The first-order valence-corrected chi connectivity index (χ1v) is 7.74. The number of primary amides is 1. The molecule has 4 nitrogen and oxygen atoms in total. The summed E-state index contributed by atoms with van der Waals surface area (Å²) in [6, 6.07) is 16.3. The van der Waals surface area contributed by atoms with E-state index in [1.54, 1.807) is 0 Å². The van der Waals surface area contributed by atoms with Crippen LogP contribution in [0.1, 0.15) is 29.7 Å². The summed E-state index contributed by atoms with van der Waals surface area (Å²) in [6.07, 6.45) is 2.36. The van der Waals surface area contributed by atoms with Crippen molar-refractivity contribution in [1.82, 2.24) is 4.57 Å². The summed E-state index contributed by atoms with van der Waals surface area (Å²) < 4.78 is 2.21. The number of hydrogen-bond acceptors (Lipinski definition) is 2. The molecule has 0 aliphatic rings. The largest absolute Gasteiger partial charge is 0.369 e. The molecule has 4 N–H and O–H groups in total. The molecule has 1 aromatic heterocycles. The lowest BCUT2D eigenvalue weighted by molar-refractivity contribution is -0.117. The van der Waals surface area contributed by atoms with E-state index in [9.17, 15) is 4.79 Å². The maximum atomic E-state index is 11.2. The molecular weight excluding hydrogens is 286 g/mol. The Kier molecular flexibility index (Phi) is 4.17. The molecular formula is C19H21N3O. The summed E-state index contributed by atoms with van der Waals surface area (Å²) in [5.41, 5.74) is 15.8. The number of amides is 1. The van der Waals surface area contributed by atoms with Crippen molar-refractivity contribution in [3.8, 4) is 0 Å². The summed E-state index contributed by atoms with van der Waals surface area (Å²) in [5.74, 6) is -0.324. The maximum Gasteiger partial charge on any atom is 0.221 e. The second kappa shape index (κ2) is 6.26. The molecule has 0 saturated heterocycles. The zero-order chi connectivity index (χ0) is 16.4. The van der Waals surface area contributed by atoms with Gasteiger partial charge in [0.25, 0.3) is 0 Å². The van der Waals surface area contributed by atoms with Crippen molar-refractivity contribution in [1.29, 1.82) is 0 Å². The molecule has 23 heavy (non-hydrogen) atoms. The van der Waals surface area contributed by atoms with E-state index in [4.69, 9.17) is 11.5 Å². The highest BCUT2D eigenvalue weighted by Gasteiger charge is 2.13. The van der Waals surface area contributed by atoms with Gasteiger partial charge in [0.05, 0.1) is 6.42 Å². The third-order valence-electron chi connectivity index (χ3n) is 4.04. The third kappa shape index (κ3) is 3.27. The van der Waals surface area contributed by atoms with Gasteiger partial charge in [0.15, 0.2) is 0 Å². The van der Waals surface area contributed by atoms with E-state index in [2.05, 4.69) is 22.9 Å². The van der Waals surface area contributed by atoms with E-state index in [0.717, 1.165) is 28.6 Å². The number of carbonyl (C=O) groups is 1. The molecule has 2 aromatic carbocycles. The van der Waals surface area contributed by atoms with Gasteiger partial charge >= 0.3 is 0 Å². The summed E-state index contributed by atoms with van der Waals surface area (Å²) in [4.78, 5) is 11.2. The molecule has 1 heterocycles. The molecule has 1 atom stereocenters. The van der Waals surface area contributed by atoms with Crippen molar-refractivity contribution < 1.29 is 4.79 Å². The Labute approximate surface area is 135 Å². The van der Waals surface area contributed by atoms with E-state index in [0.29, 0.717) is 0 Å². The predicted molar refractivity (Wildman–Crippen MR) is 93.0 cm³/mol. The fourth-order valence-corrected chi connectivity index (χ4v) is 2.96. The lowest BCUT2D eigenvalue weighted by Gasteiger charge is -2.06. The normalized spacial score (nSPS) is 12.4. The first-order chi connectivity index (χ1) is 11.0. The van der Waals surface area contributed by atoms with Crippen molar-refractivity contribution in [2.75, 3.05) is 0 Å². The monoisotopic (exact) mass is 307 g/mol. The van der Waals surface area contributed by atoms with E-state index >= 15 is 0 Å². The van der Waals surface area contributed by atoms with E-state index in [-0.39, 0.29) is 18.4 Å². The first kappa shape index (κ1) is 15.3. The number of nitrogens with two attached hydrogens (primary N) is 2. The van der Waals surface area contributed by atoms with Gasteiger partial charge in [-0.2, -0.15) is 0 Å². The number of nitrogens with zero attached hydrogens (tertiary/aromatic N) is 1. The molecule has 0 bridgehead atoms. The second-order valence-corrected chi connectivity index (χ2v) is 5.98. The first-order valence-electron chi connectivity index (χ1n) is 7.74. The summed E-state index contributed by atoms with van der Waals surface area (Å²) >= 11 is 0. The van der Waals surface area contributed by atoms with Gasteiger partial charge in [-0.3, -0.25) is 4.79 Å². The van der Waals surface area contributed by atoms with E-state index in [1.165, 1.54) is 5.56 Å². The Hall–Kier alpha value is -2.59. The molecule has 1 unspecified atom stereocenters. The Balaban J connectivity index is 2.07. The number of aromatic nitrogens is 1.